The van der Waals surface area contributed by atoms with Gasteiger partial charge < -0.3 is 20.4 Å². The lowest BCUT2D eigenvalue weighted by molar-refractivity contribution is -0.135. The van der Waals surface area contributed by atoms with Crippen molar-refractivity contribution in [3.05, 3.63) is 65.2 Å². The number of amidine groups is 1. The molecule has 2 heterocycles. The molecule has 39 heavy (non-hydrogen) atoms. The Hall–Kier alpha value is -3.49. The number of aliphatic hydroxyl groups is 2. The van der Waals surface area contributed by atoms with Crippen LogP contribution in [0.15, 0.2) is 63.1 Å². The summed E-state index contributed by atoms with van der Waals surface area (Å²) in [7, 11) is -8.07. The lowest BCUT2D eigenvalue weighted by atomic mass is 9.76. The molecular weight excluding hydrogens is 551 g/mol. The van der Waals surface area contributed by atoms with Crippen LogP contribution in [0.4, 0.5) is 15.8 Å². The van der Waals surface area contributed by atoms with Gasteiger partial charge in [-0.05, 0) is 60.6 Å². The summed E-state index contributed by atoms with van der Waals surface area (Å²) in [6.07, 6.45) is 1.33. The maximum atomic E-state index is 13.9. The van der Waals surface area contributed by atoms with Gasteiger partial charge in [0, 0.05) is 24.2 Å². The van der Waals surface area contributed by atoms with Crippen LogP contribution in [0.25, 0.3) is 0 Å². The Labute approximate surface area is 224 Å². The van der Waals surface area contributed by atoms with Crippen LogP contribution in [0.5, 0.6) is 0 Å². The van der Waals surface area contributed by atoms with E-state index >= 15 is 0 Å². The number of rotatable bonds is 5. The quantitative estimate of drug-likeness (QED) is 0.419. The zero-order valence-corrected chi connectivity index (χ0v) is 22.2. The second kappa shape index (κ2) is 8.76. The number of nitrogens with zero attached hydrogens (tertiary/aromatic N) is 2. The average molecular weight is 577 g/mol. The Morgan fingerprint density at radius 3 is 2.59 bits per heavy atom. The van der Waals surface area contributed by atoms with E-state index in [-0.39, 0.29) is 51.8 Å². The zero-order valence-electron chi connectivity index (χ0n) is 20.6. The van der Waals surface area contributed by atoms with Gasteiger partial charge >= 0.3 is 0 Å². The van der Waals surface area contributed by atoms with Crippen molar-refractivity contribution in [2.24, 2.45) is 22.2 Å². The molecule has 6 rings (SSSR count). The van der Waals surface area contributed by atoms with E-state index in [1.807, 2.05) is 0 Å². The number of benzene rings is 2. The van der Waals surface area contributed by atoms with Crippen LogP contribution in [0.2, 0.25) is 0 Å². The van der Waals surface area contributed by atoms with E-state index in [9.17, 15) is 36.2 Å². The van der Waals surface area contributed by atoms with Crippen molar-refractivity contribution in [2.75, 3.05) is 16.3 Å². The van der Waals surface area contributed by atoms with Gasteiger partial charge in [0.1, 0.15) is 22.0 Å². The Bertz CT molecular complexity index is 1670. The number of halogens is 1. The molecule has 4 aliphatic rings. The molecule has 11 nitrogen and oxygen atoms in total. The first-order valence-electron chi connectivity index (χ1n) is 12.2. The van der Waals surface area contributed by atoms with Gasteiger partial charge in [0.2, 0.25) is 10.0 Å². The fraction of sp³-hybridized carbons (Fsp3) is 0.360. The highest BCUT2D eigenvalue weighted by molar-refractivity contribution is 7.92. The first-order valence-corrected chi connectivity index (χ1v) is 15.6. The van der Waals surface area contributed by atoms with Crippen LogP contribution in [0, 0.1) is 23.6 Å². The predicted molar refractivity (Wildman–Crippen MR) is 139 cm³/mol. The van der Waals surface area contributed by atoms with Crippen LogP contribution in [-0.4, -0.2) is 62.1 Å². The summed E-state index contributed by atoms with van der Waals surface area (Å²) >= 11 is 0. The number of hydrogen-bond acceptors (Lipinski definition) is 8. The molecular formula is C25H25FN4O7S2. The van der Waals surface area contributed by atoms with E-state index in [1.165, 1.54) is 24.3 Å². The third-order valence-electron chi connectivity index (χ3n) is 7.86. The number of hydrogen-bond donors (Lipinski definition) is 4. The molecule has 2 aliphatic heterocycles. The van der Waals surface area contributed by atoms with Gasteiger partial charge in [-0.3, -0.25) is 9.52 Å². The standard InChI is InChI=1S/C25H25FN4O7S2/c1-38(34,35)28-15-6-7-17-19(10-15)39(36,37)29-24(27-17)21-23(32)20-16-8-13(9-18(16)31)22(20)30(25(21)33)11-12-2-4-14(26)5-3-12/h2-7,10,13,16,18,20,22,28,31-32H,8-9,11H2,1H3,(H,27,29)/t13-,16-,18?,20?,22?/m1/s1. The topological polar surface area (TPSA) is 165 Å². The Balaban J connectivity index is 1.42. The maximum absolute atomic E-state index is 13.9. The average Bonchev–Trinajstić information content (AvgIpc) is 3.40. The van der Waals surface area contributed by atoms with E-state index in [0.717, 1.165) is 12.3 Å². The number of nitrogens with one attached hydrogen (secondary N) is 2. The van der Waals surface area contributed by atoms with Crippen LogP contribution < -0.4 is 10.0 Å². The molecule has 2 aromatic carbocycles. The van der Waals surface area contributed by atoms with Crippen molar-refractivity contribution in [3.63, 3.8) is 0 Å². The molecule has 206 valence electrons. The lowest BCUT2D eigenvalue weighted by Crippen LogP contribution is -2.55. The minimum atomic E-state index is -4.41. The summed E-state index contributed by atoms with van der Waals surface area (Å²) in [4.78, 5) is 15.2. The number of aliphatic hydroxyl groups excluding tert-OH is 2. The van der Waals surface area contributed by atoms with Crippen molar-refractivity contribution >= 4 is 43.2 Å². The molecule has 3 unspecified atom stereocenters. The zero-order chi connectivity index (χ0) is 27.9. The van der Waals surface area contributed by atoms with Gasteiger partial charge in [-0.25, -0.2) is 12.8 Å². The SMILES string of the molecule is CS(=O)(=O)Nc1ccc2c(c1)S(=O)(=O)N=C(C1=C(O)C3C([C@H]4CC(O)[C@H]3C4)N(Cc3ccc(F)cc3)C1=O)N2. The molecule has 2 bridgehead atoms. The number of sulfonamides is 2. The molecule has 2 aromatic rings. The number of fused-ring (bicyclic) bond motifs is 6. The van der Waals surface area contributed by atoms with Gasteiger partial charge in [-0.2, -0.15) is 8.42 Å². The Kier molecular flexibility index (Phi) is 5.79. The van der Waals surface area contributed by atoms with Crippen molar-refractivity contribution in [2.45, 2.75) is 36.4 Å². The van der Waals surface area contributed by atoms with E-state index in [2.05, 4.69) is 14.4 Å². The van der Waals surface area contributed by atoms with Gasteiger partial charge in [0.25, 0.3) is 15.9 Å². The monoisotopic (exact) mass is 576 g/mol. The van der Waals surface area contributed by atoms with Crippen molar-refractivity contribution < 1.29 is 36.2 Å². The summed E-state index contributed by atoms with van der Waals surface area (Å²) in [5.74, 6) is -2.77. The molecule has 5 atom stereocenters. The first-order chi connectivity index (χ1) is 18.3. The van der Waals surface area contributed by atoms with Gasteiger partial charge in [0.15, 0.2) is 5.84 Å². The molecule has 2 saturated carbocycles. The summed E-state index contributed by atoms with van der Waals surface area (Å²) in [6, 6.07) is 9.04. The minimum Gasteiger partial charge on any atom is -0.511 e. The second-order valence-corrected chi connectivity index (χ2v) is 13.7. The summed E-state index contributed by atoms with van der Waals surface area (Å²) < 4.78 is 69.0. The molecule has 1 amide bonds. The summed E-state index contributed by atoms with van der Waals surface area (Å²) in [6.45, 7) is 0.0908. The largest absolute Gasteiger partial charge is 0.511 e. The smallest absolute Gasteiger partial charge is 0.286 e. The molecule has 2 aliphatic carbocycles. The fourth-order valence-corrected chi connectivity index (χ4v) is 8.10. The second-order valence-electron chi connectivity index (χ2n) is 10.4. The minimum absolute atomic E-state index is 0.0142. The maximum Gasteiger partial charge on any atom is 0.286 e. The summed E-state index contributed by atoms with van der Waals surface area (Å²) in [5, 5.41) is 24.8. The highest BCUT2D eigenvalue weighted by Gasteiger charge is 2.60. The van der Waals surface area contributed by atoms with E-state index in [1.54, 1.807) is 17.0 Å². The lowest BCUT2D eigenvalue weighted by Gasteiger charge is -2.45. The van der Waals surface area contributed by atoms with Crippen LogP contribution in [0.1, 0.15) is 18.4 Å². The van der Waals surface area contributed by atoms with Gasteiger partial charge in [-0.15, -0.1) is 4.40 Å². The van der Waals surface area contributed by atoms with E-state index in [0.29, 0.717) is 18.4 Å². The third kappa shape index (κ3) is 4.36. The van der Waals surface area contributed by atoms with Gasteiger partial charge in [0.05, 0.1) is 18.0 Å². The highest BCUT2D eigenvalue weighted by Crippen LogP contribution is 2.55. The number of amides is 1. The molecule has 14 heteroatoms. The predicted octanol–water partition coefficient (Wildman–Crippen LogP) is 1.95. The van der Waals surface area contributed by atoms with E-state index < -0.39 is 49.8 Å². The Morgan fingerprint density at radius 1 is 1.18 bits per heavy atom. The number of carbonyl (C=O) groups is 1. The molecule has 0 radical (unpaired) electrons. The van der Waals surface area contributed by atoms with E-state index in [4.69, 9.17) is 0 Å². The number of anilines is 2. The molecule has 0 spiro atoms. The van der Waals surface area contributed by atoms with Gasteiger partial charge in [-0.1, -0.05) is 12.1 Å². The van der Waals surface area contributed by atoms with Crippen LogP contribution in [-0.2, 0) is 31.4 Å². The van der Waals surface area contributed by atoms with Crippen molar-refractivity contribution in [1.29, 1.82) is 0 Å². The molecule has 0 aromatic heterocycles. The fourth-order valence-electron chi connectivity index (χ4n) is 6.40. The highest BCUT2D eigenvalue weighted by atomic mass is 32.2. The number of carbonyl (C=O) groups excluding carboxylic acids is 1. The van der Waals surface area contributed by atoms with Crippen LogP contribution >= 0.6 is 0 Å². The van der Waals surface area contributed by atoms with Crippen LogP contribution in [0.3, 0.4) is 0 Å². The van der Waals surface area contributed by atoms with Crippen molar-refractivity contribution in [1.82, 2.24) is 4.90 Å². The third-order valence-corrected chi connectivity index (χ3v) is 9.79. The normalized spacial score (nSPS) is 29.0. The molecule has 4 N–H and O–H groups in total. The Morgan fingerprint density at radius 2 is 1.90 bits per heavy atom. The summed E-state index contributed by atoms with van der Waals surface area (Å²) in [5.41, 5.74) is 0.397. The first kappa shape index (κ1) is 25.8. The molecule has 0 saturated heterocycles. The molecule has 2 fully saturated rings. The van der Waals surface area contributed by atoms with Crippen molar-refractivity contribution in [3.8, 4) is 0 Å².